The smallest absolute Gasteiger partial charge is 0.379 e. The van der Waals surface area contributed by atoms with E-state index in [9.17, 15) is 9.59 Å². The summed E-state index contributed by atoms with van der Waals surface area (Å²) in [7, 11) is 0. The number of ether oxygens (including phenoxy) is 1. The molecule has 0 saturated carbocycles. The maximum atomic E-state index is 11.6. The van der Waals surface area contributed by atoms with Crippen molar-refractivity contribution in [1.82, 2.24) is 0 Å². The molecule has 4 heteroatoms. The van der Waals surface area contributed by atoms with Gasteiger partial charge < -0.3 is 9.15 Å². The van der Waals surface area contributed by atoms with E-state index in [2.05, 4.69) is 0 Å². The number of carbonyl (C=O) groups excluding carboxylic acids is 2. The van der Waals surface area contributed by atoms with Gasteiger partial charge in [-0.15, -0.1) is 0 Å². The third kappa shape index (κ3) is 2.60. The van der Waals surface area contributed by atoms with Crippen LogP contribution in [0.2, 0.25) is 0 Å². The highest BCUT2D eigenvalue weighted by Crippen LogP contribution is 2.15. The fraction of sp³-hybridized carbons (Fsp3) is 0.0769. The van der Waals surface area contributed by atoms with Crippen molar-refractivity contribution in [1.29, 1.82) is 0 Å². The van der Waals surface area contributed by atoms with Crippen molar-refractivity contribution >= 4 is 11.8 Å². The molecule has 0 N–H and O–H groups in total. The number of benzene rings is 1. The first-order chi connectivity index (χ1) is 8.16. The third-order valence-electron chi connectivity index (χ3n) is 2.17. The van der Waals surface area contributed by atoms with Gasteiger partial charge in [0.25, 0.3) is 0 Å². The summed E-state index contributed by atoms with van der Waals surface area (Å²) in [5, 5.41) is 0. The molecule has 0 bridgehead atoms. The molecule has 0 spiro atoms. The van der Waals surface area contributed by atoms with Crippen LogP contribution >= 0.6 is 0 Å². The molecule has 17 heavy (non-hydrogen) atoms. The molecule has 0 aliphatic heterocycles. The second-order valence-corrected chi connectivity index (χ2v) is 3.45. The van der Waals surface area contributed by atoms with Gasteiger partial charge >= 0.3 is 5.97 Å². The highest BCUT2D eigenvalue weighted by atomic mass is 16.5. The van der Waals surface area contributed by atoms with Crippen molar-refractivity contribution < 1.29 is 18.7 Å². The highest BCUT2D eigenvalue weighted by molar-refractivity contribution is 5.94. The summed E-state index contributed by atoms with van der Waals surface area (Å²) < 4.78 is 9.97. The van der Waals surface area contributed by atoms with Gasteiger partial charge in [-0.3, -0.25) is 4.79 Å². The Kier molecular flexibility index (Phi) is 3.05. The lowest BCUT2D eigenvalue weighted by molar-refractivity contribution is 0.0700. The Morgan fingerprint density at radius 3 is 2.65 bits per heavy atom. The zero-order chi connectivity index (χ0) is 12.3. The van der Waals surface area contributed by atoms with Crippen LogP contribution in [0.25, 0.3) is 0 Å². The average molecular weight is 230 g/mol. The molecule has 1 aromatic heterocycles. The van der Waals surface area contributed by atoms with Crippen molar-refractivity contribution in [3.63, 3.8) is 0 Å². The van der Waals surface area contributed by atoms with E-state index < -0.39 is 5.97 Å². The Labute approximate surface area is 97.8 Å². The molecule has 2 aromatic rings. The summed E-state index contributed by atoms with van der Waals surface area (Å²) in [6.45, 7) is 1.45. The van der Waals surface area contributed by atoms with E-state index in [0.717, 1.165) is 0 Å². The normalized spacial score (nSPS) is 9.94. The van der Waals surface area contributed by atoms with Gasteiger partial charge in [-0.25, -0.2) is 4.79 Å². The Morgan fingerprint density at radius 1 is 1.18 bits per heavy atom. The van der Waals surface area contributed by atoms with E-state index in [4.69, 9.17) is 9.15 Å². The molecule has 1 aromatic carbocycles. The van der Waals surface area contributed by atoms with Crippen LogP contribution in [0.3, 0.4) is 0 Å². The fourth-order valence-corrected chi connectivity index (χ4v) is 1.33. The Bertz CT molecular complexity index is 540. The lowest BCUT2D eigenvalue weighted by Gasteiger charge is -2.03. The second kappa shape index (κ2) is 4.65. The van der Waals surface area contributed by atoms with Gasteiger partial charge in [-0.2, -0.15) is 0 Å². The Balaban J connectivity index is 2.16. The summed E-state index contributed by atoms with van der Waals surface area (Å²) >= 11 is 0. The van der Waals surface area contributed by atoms with E-state index in [1.54, 1.807) is 24.3 Å². The predicted octanol–water partition coefficient (Wildman–Crippen LogP) is 2.70. The monoisotopic (exact) mass is 230 g/mol. The van der Waals surface area contributed by atoms with Crippen LogP contribution in [-0.2, 0) is 0 Å². The van der Waals surface area contributed by atoms with Crippen molar-refractivity contribution in [3.8, 4) is 5.75 Å². The molecule has 0 unspecified atom stereocenters. The molecule has 86 valence electrons. The lowest BCUT2D eigenvalue weighted by atomic mass is 10.1. The summed E-state index contributed by atoms with van der Waals surface area (Å²) in [6.07, 6.45) is 1.39. The van der Waals surface area contributed by atoms with Gasteiger partial charge in [0, 0.05) is 5.56 Å². The number of rotatable bonds is 3. The van der Waals surface area contributed by atoms with Gasteiger partial charge in [0.1, 0.15) is 5.75 Å². The maximum Gasteiger partial charge on any atom is 0.379 e. The lowest BCUT2D eigenvalue weighted by Crippen LogP contribution is -2.07. The number of Topliss-reactive ketones (excluding diaryl/α,β-unsaturated/α-hetero) is 1. The van der Waals surface area contributed by atoms with E-state index in [1.807, 2.05) is 0 Å². The van der Waals surface area contributed by atoms with Crippen LogP contribution in [0.4, 0.5) is 0 Å². The minimum absolute atomic E-state index is 0.0825. The molecule has 0 aliphatic carbocycles. The first kappa shape index (κ1) is 11.1. The SMILES string of the molecule is CC(=O)c1cccc(OC(=O)c2ccco2)c1. The fourth-order valence-electron chi connectivity index (χ4n) is 1.33. The highest BCUT2D eigenvalue weighted by Gasteiger charge is 2.11. The first-order valence-corrected chi connectivity index (χ1v) is 5.03. The van der Waals surface area contributed by atoms with Crippen molar-refractivity contribution in [3.05, 3.63) is 54.0 Å². The average Bonchev–Trinajstić information content (AvgIpc) is 2.82. The Hall–Kier alpha value is -2.36. The molecule has 0 amide bonds. The van der Waals surface area contributed by atoms with Crippen molar-refractivity contribution in [2.45, 2.75) is 6.92 Å². The number of esters is 1. The number of furan rings is 1. The molecule has 0 radical (unpaired) electrons. The third-order valence-corrected chi connectivity index (χ3v) is 2.17. The van der Waals surface area contributed by atoms with Crippen molar-refractivity contribution in [2.75, 3.05) is 0 Å². The largest absolute Gasteiger partial charge is 0.457 e. The zero-order valence-corrected chi connectivity index (χ0v) is 9.17. The minimum atomic E-state index is -0.587. The van der Waals surface area contributed by atoms with Crippen LogP contribution in [0.5, 0.6) is 5.75 Å². The van der Waals surface area contributed by atoms with Crippen LogP contribution in [-0.4, -0.2) is 11.8 Å². The van der Waals surface area contributed by atoms with Crippen LogP contribution in [0, 0.1) is 0 Å². The number of hydrogen-bond donors (Lipinski definition) is 0. The van der Waals surface area contributed by atoms with Gasteiger partial charge in [0.15, 0.2) is 5.78 Å². The van der Waals surface area contributed by atoms with Gasteiger partial charge in [0.05, 0.1) is 6.26 Å². The van der Waals surface area contributed by atoms with E-state index in [0.29, 0.717) is 11.3 Å². The molecule has 0 atom stereocenters. The molecule has 4 nitrogen and oxygen atoms in total. The number of ketones is 1. The molecule has 2 rings (SSSR count). The summed E-state index contributed by atoms with van der Waals surface area (Å²) in [5.41, 5.74) is 0.495. The van der Waals surface area contributed by atoms with Gasteiger partial charge in [0.2, 0.25) is 5.76 Å². The maximum absolute atomic E-state index is 11.6. The molecule has 0 aliphatic rings. The van der Waals surface area contributed by atoms with Crippen LogP contribution < -0.4 is 4.74 Å². The standard InChI is InChI=1S/C13H10O4/c1-9(14)10-4-2-5-11(8-10)17-13(15)12-6-3-7-16-12/h2-8H,1H3. The first-order valence-electron chi connectivity index (χ1n) is 5.03. The van der Waals surface area contributed by atoms with Crippen LogP contribution in [0.1, 0.15) is 27.8 Å². The topological polar surface area (TPSA) is 56.5 Å². The molecular weight excluding hydrogens is 220 g/mol. The second-order valence-electron chi connectivity index (χ2n) is 3.45. The van der Waals surface area contributed by atoms with Crippen LogP contribution in [0.15, 0.2) is 47.1 Å². The molecule has 1 heterocycles. The zero-order valence-electron chi connectivity index (χ0n) is 9.17. The molecular formula is C13H10O4. The summed E-state index contributed by atoms with van der Waals surface area (Å²) in [6, 6.07) is 9.55. The minimum Gasteiger partial charge on any atom is -0.457 e. The molecule has 0 fully saturated rings. The number of carbonyl (C=O) groups is 2. The quantitative estimate of drug-likeness (QED) is 0.462. The summed E-state index contributed by atoms with van der Waals surface area (Å²) in [5.74, 6) is -0.228. The summed E-state index contributed by atoms with van der Waals surface area (Å²) in [4.78, 5) is 22.7. The Morgan fingerprint density at radius 2 is 2.00 bits per heavy atom. The van der Waals surface area contributed by atoms with Crippen molar-refractivity contribution in [2.24, 2.45) is 0 Å². The number of hydrogen-bond acceptors (Lipinski definition) is 4. The van der Waals surface area contributed by atoms with E-state index in [1.165, 1.54) is 25.3 Å². The van der Waals surface area contributed by atoms with Gasteiger partial charge in [-0.1, -0.05) is 12.1 Å². The van der Waals surface area contributed by atoms with Gasteiger partial charge in [-0.05, 0) is 31.2 Å². The van der Waals surface area contributed by atoms with E-state index >= 15 is 0 Å². The molecule has 0 saturated heterocycles. The predicted molar refractivity (Wildman–Crippen MR) is 60.1 cm³/mol. The van der Waals surface area contributed by atoms with E-state index in [-0.39, 0.29) is 11.5 Å².